The molecule has 1 aliphatic rings. The Morgan fingerprint density at radius 3 is 0.969 bits per heavy atom. The molecule has 2 aromatic rings. The first-order valence-corrected chi connectivity index (χ1v) is 8.87. The molecule has 2 radical (unpaired) electrons. The number of hydrogen-bond acceptors (Lipinski definition) is 2. The van der Waals surface area contributed by atoms with E-state index in [1.165, 1.54) is 44.8 Å². The van der Waals surface area contributed by atoms with Gasteiger partial charge in [0.1, 0.15) is 0 Å². The fourth-order valence-electron chi connectivity index (χ4n) is 3.67. The summed E-state index contributed by atoms with van der Waals surface area (Å²) in [7, 11) is 0. The van der Waals surface area contributed by atoms with Crippen molar-refractivity contribution in [1.82, 2.24) is 0 Å². The van der Waals surface area contributed by atoms with Crippen LogP contribution < -0.4 is 9.80 Å². The van der Waals surface area contributed by atoms with Gasteiger partial charge >= 0.3 is 45.2 Å². The molecule has 0 unspecified atom stereocenters. The summed E-state index contributed by atoms with van der Waals surface area (Å²) in [6, 6.07) is 8.90. The number of nitrogens with zero attached hydrogens (tertiary/aromatic N) is 2. The van der Waals surface area contributed by atoms with E-state index in [2.05, 4.69) is 121 Å². The van der Waals surface area contributed by atoms with Crippen molar-refractivity contribution in [3.8, 4) is 0 Å². The topological polar surface area (TPSA) is 86.1 Å². The van der Waals surface area contributed by atoms with Crippen LogP contribution in [0, 0.1) is 74.8 Å². The molecule has 0 N–H and O–H groups in total. The average molecular weight is 472 g/mol. The summed E-state index contributed by atoms with van der Waals surface area (Å²) in [6.07, 6.45) is 4.17. The second-order valence-electron chi connectivity index (χ2n) is 6.63. The number of rotatable bonds is 2. The number of anilines is 2. The van der Waals surface area contributed by atoms with Crippen LogP contribution in [0.15, 0.2) is 36.7 Å². The molecule has 0 bridgehead atoms. The summed E-state index contributed by atoms with van der Waals surface area (Å²) in [5.41, 5.74) is 10.1. The zero-order valence-electron chi connectivity index (χ0n) is 18.8. The molecule has 0 aromatic heterocycles. The van der Waals surface area contributed by atoms with Crippen molar-refractivity contribution in [2.45, 2.75) is 41.5 Å². The predicted octanol–water partition coefficient (Wildman–Crippen LogP) is 5.18. The van der Waals surface area contributed by atoms with Gasteiger partial charge in [-0.05, 0) is 63.8 Å². The molecule has 32 heavy (non-hydrogen) atoms. The van der Waals surface area contributed by atoms with E-state index in [-0.39, 0.29) is 17.1 Å². The molecule has 0 spiro atoms. The third kappa shape index (κ3) is 8.78. The molecule has 1 heterocycles. The van der Waals surface area contributed by atoms with Crippen molar-refractivity contribution in [2.24, 2.45) is 0 Å². The SMILES string of the molecule is Cc1cc(C)c(N2[C]N(c3c(C)cc(C)cc3C)C=C2)c(C)c1.[C-]#[O+].[C-]#[O+].[C-]#[O+].[C-]#[O+].[Fe]. The van der Waals surface area contributed by atoms with E-state index in [0.717, 1.165) is 0 Å². The van der Waals surface area contributed by atoms with E-state index >= 15 is 0 Å². The second-order valence-corrected chi connectivity index (χ2v) is 6.63. The Morgan fingerprint density at radius 1 is 0.531 bits per heavy atom. The summed E-state index contributed by atoms with van der Waals surface area (Å²) in [5.74, 6) is 0. The Kier molecular flexibility index (Phi) is 18.9. The summed E-state index contributed by atoms with van der Waals surface area (Å²) >= 11 is 0. The Hall–Kier alpha value is -2.74. The molecule has 0 saturated heterocycles. The Balaban J connectivity index is -0.000000844. The van der Waals surface area contributed by atoms with Crippen LogP contribution in [0.3, 0.4) is 0 Å². The van der Waals surface area contributed by atoms with E-state index in [1.807, 2.05) is 0 Å². The second kappa shape index (κ2) is 17.9. The maximum Gasteiger partial charge on any atom is 0 e. The Bertz CT molecular complexity index is 839. The van der Waals surface area contributed by atoms with Crippen LogP contribution in [0.2, 0.25) is 0 Å². The molecule has 166 valence electrons. The summed E-state index contributed by atoms with van der Waals surface area (Å²) in [6.45, 7) is 34.4. The van der Waals surface area contributed by atoms with Crippen molar-refractivity contribution < 1.29 is 35.7 Å². The van der Waals surface area contributed by atoms with Gasteiger partial charge in [0.2, 0.25) is 6.67 Å². The zero-order valence-corrected chi connectivity index (χ0v) is 19.9. The van der Waals surface area contributed by atoms with Crippen molar-refractivity contribution in [1.29, 1.82) is 0 Å². The minimum absolute atomic E-state index is 0. The molecule has 0 amide bonds. The van der Waals surface area contributed by atoms with E-state index in [9.17, 15) is 0 Å². The van der Waals surface area contributed by atoms with E-state index in [1.54, 1.807) is 0 Å². The fourth-order valence-corrected chi connectivity index (χ4v) is 3.67. The molecular formula is C25H24FeN2O4. The third-order valence-electron chi connectivity index (χ3n) is 4.33. The molecule has 0 aliphatic carbocycles. The molecule has 7 heteroatoms. The third-order valence-corrected chi connectivity index (χ3v) is 4.33. The Labute approximate surface area is 201 Å². The van der Waals surface area contributed by atoms with E-state index in [0.29, 0.717) is 0 Å². The minimum Gasteiger partial charge on any atom is 0 e. The summed E-state index contributed by atoms with van der Waals surface area (Å²) in [5, 5.41) is 0. The van der Waals surface area contributed by atoms with E-state index < -0.39 is 0 Å². The van der Waals surface area contributed by atoms with Crippen LogP contribution in [0.4, 0.5) is 11.4 Å². The van der Waals surface area contributed by atoms with Gasteiger partial charge in [0.25, 0.3) is 0 Å². The largest absolute Gasteiger partial charge is 0 e. The van der Waals surface area contributed by atoms with Crippen LogP contribution in [0.5, 0.6) is 0 Å². The van der Waals surface area contributed by atoms with Crippen LogP contribution in [-0.4, -0.2) is 0 Å². The molecule has 3 rings (SSSR count). The number of aryl methyl sites for hydroxylation is 6. The molecule has 0 saturated carbocycles. The first-order valence-electron chi connectivity index (χ1n) is 8.87. The standard InChI is InChI=1S/C21H24N2.4CO.Fe/c1-14-9-16(3)20(17(4)10-14)22-7-8-23(13-22)21-18(5)11-15(2)12-19(21)6;4*1-2;/h7-12H,1-6H3;;;;;. The van der Waals surface area contributed by atoms with Crippen molar-refractivity contribution in [2.75, 3.05) is 9.80 Å². The van der Waals surface area contributed by atoms with Gasteiger partial charge in [0, 0.05) is 40.8 Å². The Morgan fingerprint density at radius 2 is 0.750 bits per heavy atom. The first kappa shape index (κ1) is 33.9. The van der Waals surface area contributed by atoms with E-state index in [4.69, 9.17) is 18.6 Å². The summed E-state index contributed by atoms with van der Waals surface area (Å²) in [4.78, 5) is 4.20. The first-order chi connectivity index (χ1) is 14.9. The van der Waals surface area contributed by atoms with Crippen molar-refractivity contribution >= 4 is 11.4 Å². The zero-order chi connectivity index (χ0) is 24.7. The normalized spacial score (nSPS) is 10.3. The molecular weight excluding hydrogens is 448 g/mol. The quantitative estimate of drug-likeness (QED) is 0.343. The van der Waals surface area contributed by atoms with Crippen molar-refractivity contribution in [3.63, 3.8) is 0 Å². The number of benzene rings is 2. The van der Waals surface area contributed by atoms with Crippen LogP contribution >= 0.6 is 0 Å². The van der Waals surface area contributed by atoms with Crippen LogP contribution in [0.25, 0.3) is 0 Å². The van der Waals surface area contributed by atoms with Gasteiger partial charge in [0.05, 0.1) is 0 Å². The van der Waals surface area contributed by atoms with Gasteiger partial charge in [-0.2, -0.15) is 0 Å². The van der Waals surface area contributed by atoms with Gasteiger partial charge in [-0.1, -0.05) is 35.4 Å². The fraction of sp³-hybridized carbons (Fsp3) is 0.240. The van der Waals surface area contributed by atoms with Gasteiger partial charge in [-0.25, -0.2) is 0 Å². The molecule has 0 atom stereocenters. The predicted molar refractivity (Wildman–Crippen MR) is 114 cm³/mol. The van der Waals surface area contributed by atoms with Gasteiger partial charge < -0.3 is 9.80 Å². The smallest absolute Gasteiger partial charge is 0 e. The average Bonchev–Trinajstić information content (AvgIpc) is 3.21. The maximum atomic E-state index is 7.50. The molecule has 0 fully saturated rings. The van der Waals surface area contributed by atoms with Crippen LogP contribution in [-0.2, 0) is 35.7 Å². The van der Waals surface area contributed by atoms with Crippen LogP contribution in [0.1, 0.15) is 33.4 Å². The minimum atomic E-state index is 0. The van der Waals surface area contributed by atoms with Gasteiger partial charge in [-0.3, -0.25) is 0 Å². The molecule has 1 aliphatic heterocycles. The van der Waals surface area contributed by atoms with Gasteiger partial charge in [0.15, 0.2) is 0 Å². The monoisotopic (exact) mass is 472 g/mol. The van der Waals surface area contributed by atoms with Crippen molar-refractivity contribution in [3.05, 3.63) is 103 Å². The maximum absolute atomic E-state index is 7.50. The molecule has 2 aromatic carbocycles. The molecule has 6 nitrogen and oxygen atoms in total. The number of hydrogen-bond donors (Lipinski definition) is 0. The summed E-state index contributed by atoms with van der Waals surface area (Å²) < 4.78 is 30.0. The van der Waals surface area contributed by atoms with Gasteiger partial charge in [-0.15, -0.1) is 0 Å².